The van der Waals surface area contributed by atoms with Crippen molar-refractivity contribution in [3.8, 4) is 11.4 Å². The minimum Gasteiger partial charge on any atom is -0.338 e. The van der Waals surface area contributed by atoms with Crippen LogP contribution in [0.15, 0.2) is 28.8 Å². The van der Waals surface area contributed by atoms with Crippen molar-refractivity contribution < 1.29 is 4.52 Å². The lowest BCUT2D eigenvalue weighted by Crippen LogP contribution is -2.58. The SMILES string of the molecule is CC(C)(C)c1ccc(-c2noc(CNC34CC5CC(CC(C5)C3)C4)n2)cc1. The summed E-state index contributed by atoms with van der Waals surface area (Å²) in [5.41, 5.74) is 2.83. The van der Waals surface area contributed by atoms with E-state index >= 15 is 0 Å². The molecule has 144 valence electrons. The predicted octanol–water partition coefficient (Wildman–Crippen LogP) is 5.09. The molecule has 6 rings (SSSR count). The van der Waals surface area contributed by atoms with E-state index < -0.39 is 0 Å². The maximum Gasteiger partial charge on any atom is 0.240 e. The zero-order valence-corrected chi connectivity index (χ0v) is 16.8. The molecule has 1 aromatic carbocycles. The first-order chi connectivity index (χ1) is 12.9. The fourth-order valence-electron chi connectivity index (χ4n) is 6.15. The van der Waals surface area contributed by atoms with Crippen molar-refractivity contribution in [3.05, 3.63) is 35.7 Å². The van der Waals surface area contributed by atoms with E-state index in [1.165, 1.54) is 44.1 Å². The number of rotatable bonds is 4. The maximum atomic E-state index is 5.56. The molecule has 4 saturated carbocycles. The maximum absolute atomic E-state index is 5.56. The number of nitrogens with zero attached hydrogens (tertiary/aromatic N) is 2. The van der Waals surface area contributed by atoms with Gasteiger partial charge in [-0.2, -0.15) is 4.98 Å². The van der Waals surface area contributed by atoms with Crippen LogP contribution in [-0.2, 0) is 12.0 Å². The number of nitrogens with one attached hydrogen (secondary N) is 1. The summed E-state index contributed by atoms with van der Waals surface area (Å²) in [6, 6.07) is 8.53. The fourth-order valence-corrected chi connectivity index (χ4v) is 6.15. The van der Waals surface area contributed by atoms with Gasteiger partial charge >= 0.3 is 0 Å². The molecule has 4 heteroatoms. The van der Waals surface area contributed by atoms with E-state index in [4.69, 9.17) is 4.52 Å². The minimum atomic E-state index is 0.155. The fraction of sp³-hybridized carbons (Fsp3) is 0.652. The molecule has 0 unspecified atom stereocenters. The van der Waals surface area contributed by atoms with Crippen LogP contribution in [0.2, 0.25) is 0 Å². The first kappa shape index (κ1) is 17.4. The van der Waals surface area contributed by atoms with Crippen molar-refractivity contribution in [2.75, 3.05) is 0 Å². The topological polar surface area (TPSA) is 51.0 Å². The zero-order valence-electron chi connectivity index (χ0n) is 16.8. The molecule has 4 fully saturated rings. The van der Waals surface area contributed by atoms with E-state index in [9.17, 15) is 0 Å². The summed E-state index contributed by atoms with van der Waals surface area (Å²) in [5, 5.41) is 8.06. The van der Waals surface area contributed by atoms with Crippen LogP contribution in [-0.4, -0.2) is 15.7 Å². The van der Waals surface area contributed by atoms with Gasteiger partial charge in [-0.15, -0.1) is 0 Å². The van der Waals surface area contributed by atoms with E-state index in [2.05, 4.69) is 60.5 Å². The van der Waals surface area contributed by atoms with E-state index in [1.807, 2.05) is 0 Å². The van der Waals surface area contributed by atoms with Crippen molar-refractivity contribution in [3.63, 3.8) is 0 Å². The third kappa shape index (κ3) is 3.33. The largest absolute Gasteiger partial charge is 0.338 e. The Bertz CT molecular complexity index is 780. The summed E-state index contributed by atoms with van der Waals surface area (Å²) in [7, 11) is 0. The molecule has 1 heterocycles. The van der Waals surface area contributed by atoms with Crippen LogP contribution in [0.25, 0.3) is 11.4 Å². The zero-order chi connectivity index (χ0) is 18.6. The molecule has 0 atom stereocenters. The van der Waals surface area contributed by atoms with E-state index in [0.717, 1.165) is 23.3 Å². The van der Waals surface area contributed by atoms with Gasteiger partial charge < -0.3 is 9.84 Å². The Morgan fingerprint density at radius 2 is 1.59 bits per heavy atom. The van der Waals surface area contributed by atoms with Gasteiger partial charge in [-0.05, 0) is 67.3 Å². The molecule has 4 aliphatic carbocycles. The van der Waals surface area contributed by atoms with Gasteiger partial charge in [0.2, 0.25) is 11.7 Å². The predicted molar refractivity (Wildman–Crippen MR) is 106 cm³/mol. The summed E-state index contributed by atoms with van der Waals surface area (Å²) < 4.78 is 5.56. The summed E-state index contributed by atoms with van der Waals surface area (Å²) in [6.07, 6.45) is 8.43. The Kier molecular flexibility index (Phi) is 3.98. The molecule has 4 nitrogen and oxygen atoms in total. The molecule has 0 spiro atoms. The average Bonchev–Trinajstić information content (AvgIpc) is 3.07. The molecule has 27 heavy (non-hydrogen) atoms. The monoisotopic (exact) mass is 365 g/mol. The van der Waals surface area contributed by atoms with Crippen molar-refractivity contribution in [1.29, 1.82) is 0 Å². The first-order valence-electron chi connectivity index (χ1n) is 10.6. The molecule has 4 aliphatic rings. The van der Waals surface area contributed by atoms with Gasteiger partial charge in [0.25, 0.3) is 0 Å². The highest BCUT2D eigenvalue weighted by molar-refractivity contribution is 5.55. The Morgan fingerprint density at radius 3 is 2.15 bits per heavy atom. The van der Waals surface area contributed by atoms with Gasteiger partial charge in [-0.3, -0.25) is 0 Å². The van der Waals surface area contributed by atoms with E-state index in [-0.39, 0.29) is 5.41 Å². The molecule has 0 saturated heterocycles. The first-order valence-corrected chi connectivity index (χ1v) is 10.6. The van der Waals surface area contributed by atoms with Gasteiger partial charge in [0, 0.05) is 11.1 Å². The molecule has 0 aliphatic heterocycles. The van der Waals surface area contributed by atoms with Gasteiger partial charge in [-0.1, -0.05) is 50.2 Å². The quantitative estimate of drug-likeness (QED) is 0.820. The molecular formula is C23H31N3O. The molecule has 0 amide bonds. The van der Waals surface area contributed by atoms with Crippen molar-refractivity contribution >= 4 is 0 Å². The number of hydrogen-bond donors (Lipinski definition) is 1. The van der Waals surface area contributed by atoms with Crippen LogP contribution in [0.4, 0.5) is 0 Å². The number of aromatic nitrogens is 2. The smallest absolute Gasteiger partial charge is 0.240 e. The van der Waals surface area contributed by atoms with Gasteiger partial charge in [-0.25, -0.2) is 0 Å². The van der Waals surface area contributed by atoms with Crippen molar-refractivity contribution in [2.24, 2.45) is 17.8 Å². The molecule has 1 N–H and O–H groups in total. The van der Waals surface area contributed by atoms with Crippen LogP contribution in [0.1, 0.15) is 70.8 Å². The van der Waals surface area contributed by atoms with Gasteiger partial charge in [0.05, 0.1) is 6.54 Å². The second-order valence-corrected chi connectivity index (χ2v) is 10.4. The van der Waals surface area contributed by atoms with Crippen LogP contribution in [0.5, 0.6) is 0 Å². The lowest BCUT2D eigenvalue weighted by Gasteiger charge is -2.57. The van der Waals surface area contributed by atoms with Gasteiger partial charge in [0.1, 0.15) is 0 Å². The number of hydrogen-bond acceptors (Lipinski definition) is 4. The average molecular weight is 366 g/mol. The Morgan fingerprint density at radius 1 is 1.00 bits per heavy atom. The lowest BCUT2D eigenvalue weighted by atomic mass is 9.53. The van der Waals surface area contributed by atoms with E-state index in [1.54, 1.807) is 0 Å². The Hall–Kier alpha value is -1.68. The standard InChI is InChI=1S/C23H31N3O/c1-22(2,3)19-6-4-18(5-7-19)21-25-20(27-26-21)14-24-23-11-15-8-16(12-23)10-17(9-15)13-23/h4-7,15-17,24H,8-14H2,1-3H3. The second kappa shape index (κ2) is 6.16. The molecule has 2 aromatic rings. The van der Waals surface area contributed by atoms with Crippen molar-refractivity contribution in [1.82, 2.24) is 15.5 Å². The Balaban J connectivity index is 1.26. The third-order valence-corrected chi connectivity index (χ3v) is 7.13. The normalized spacial score (nSPS) is 32.2. The number of benzene rings is 1. The summed E-state index contributed by atoms with van der Waals surface area (Å²) in [4.78, 5) is 4.65. The van der Waals surface area contributed by atoms with E-state index in [0.29, 0.717) is 23.8 Å². The van der Waals surface area contributed by atoms with Crippen LogP contribution < -0.4 is 5.32 Å². The van der Waals surface area contributed by atoms with Crippen LogP contribution in [0, 0.1) is 17.8 Å². The summed E-state index contributed by atoms with van der Waals surface area (Å²) in [6.45, 7) is 7.37. The Labute approximate surface area is 162 Å². The lowest BCUT2D eigenvalue weighted by molar-refractivity contribution is -0.0217. The van der Waals surface area contributed by atoms with Crippen molar-refractivity contribution in [2.45, 2.75) is 76.8 Å². The molecule has 4 bridgehead atoms. The summed E-state index contributed by atoms with van der Waals surface area (Å²) in [5.74, 6) is 4.24. The highest BCUT2D eigenvalue weighted by Gasteiger charge is 2.50. The highest BCUT2D eigenvalue weighted by Crippen LogP contribution is 2.55. The van der Waals surface area contributed by atoms with Crippen LogP contribution in [0.3, 0.4) is 0 Å². The molecule has 1 aromatic heterocycles. The second-order valence-electron chi connectivity index (χ2n) is 10.4. The third-order valence-electron chi connectivity index (χ3n) is 7.13. The van der Waals surface area contributed by atoms with Crippen LogP contribution >= 0.6 is 0 Å². The highest BCUT2D eigenvalue weighted by atomic mass is 16.5. The molecular weight excluding hydrogens is 334 g/mol. The van der Waals surface area contributed by atoms with Gasteiger partial charge in [0.15, 0.2) is 0 Å². The summed E-state index contributed by atoms with van der Waals surface area (Å²) >= 11 is 0. The minimum absolute atomic E-state index is 0.155. The molecule has 0 radical (unpaired) electrons.